The Kier molecular flexibility index (Phi) is 7.27. The molecule has 0 amide bonds. The monoisotopic (exact) mass is 350 g/mol. The molecule has 2 saturated heterocycles. The predicted octanol–water partition coefficient (Wildman–Crippen LogP) is 2.73. The van der Waals surface area contributed by atoms with Crippen molar-refractivity contribution in [3.63, 3.8) is 0 Å². The number of benzene rings is 1. The number of rotatable bonds is 7. The highest BCUT2D eigenvalue weighted by Crippen LogP contribution is 2.25. The number of nitrogens with zero attached hydrogens (tertiary/aromatic N) is 2. The summed E-state index contributed by atoms with van der Waals surface area (Å²) in [6.07, 6.45) is 2.61. The Morgan fingerprint density at radius 1 is 1.21 bits per heavy atom. The van der Waals surface area contributed by atoms with Crippen molar-refractivity contribution >= 4 is 11.8 Å². The van der Waals surface area contributed by atoms with Gasteiger partial charge in [0, 0.05) is 37.8 Å². The van der Waals surface area contributed by atoms with Gasteiger partial charge in [0.25, 0.3) is 0 Å². The van der Waals surface area contributed by atoms with Gasteiger partial charge in [-0.05, 0) is 37.5 Å². The zero-order valence-electron chi connectivity index (χ0n) is 14.8. The number of ether oxygens (including phenoxy) is 2. The lowest BCUT2D eigenvalue weighted by Crippen LogP contribution is -2.38. The van der Waals surface area contributed by atoms with E-state index in [1.165, 1.54) is 29.9 Å². The first-order valence-corrected chi connectivity index (χ1v) is 10.3. The van der Waals surface area contributed by atoms with Crippen molar-refractivity contribution in [3.05, 3.63) is 29.8 Å². The zero-order chi connectivity index (χ0) is 16.6. The van der Waals surface area contributed by atoms with Crippen LogP contribution in [0, 0.1) is 0 Å². The third-order valence-corrected chi connectivity index (χ3v) is 6.02. The first kappa shape index (κ1) is 18.1. The standard InChI is InChI=1S/C19H30N2O2S/c1-20(18-6-14-24-15-7-18)16-17-4-2-3-5-19(17)23-13-10-21-8-11-22-12-9-21/h2-5,18H,6-16H2,1H3. The molecule has 4 nitrogen and oxygen atoms in total. The van der Waals surface area contributed by atoms with Gasteiger partial charge >= 0.3 is 0 Å². The van der Waals surface area contributed by atoms with Gasteiger partial charge in [-0.2, -0.15) is 11.8 Å². The average Bonchev–Trinajstić information content (AvgIpc) is 2.65. The summed E-state index contributed by atoms with van der Waals surface area (Å²) in [6, 6.07) is 9.23. The molecule has 3 rings (SSSR count). The van der Waals surface area contributed by atoms with Crippen LogP contribution < -0.4 is 4.74 Å². The Labute approximate surface area is 150 Å². The first-order valence-electron chi connectivity index (χ1n) is 9.12. The van der Waals surface area contributed by atoms with Gasteiger partial charge in [0.05, 0.1) is 13.2 Å². The molecule has 0 saturated carbocycles. The lowest BCUT2D eigenvalue weighted by molar-refractivity contribution is 0.0321. The van der Waals surface area contributed by atoms with Crippen molar-refractivity contribution in [1.82, 2.24) is 9.80 Å². The van der Waals surface area contributed by atoms with E-state index in [0.717, 1.165) is 51.7 Å². The number of thioether (sulfide) groups is 1. The van der Waals surface area contributed by atoms with Crippen LogP contribution in [0.2, 0.25) is 0 Å². The van der Waals surface area contributed by atoms with Gasteiger partial charge in [-0.25, -0.2) is 0 Å². The molecule has 5 heteroatoms. The second-order valence-electron chi connectivity index (χ2n) is 6.67. The molecule has 2 aliphatic rings. The maximum Gasteiger partial charge on any atom is 0.123 e. The van der Waals surface area contributed by atoms with E-state index >= 15 is 0 Å². The first-order chi connectivity index (χ1) is 11.8. The maximum absolute atomic E-state index is 6.11. The highest BCUT2D eigenvalue weighted by atomic mass is 32.2. The Morgan fingerprint density at radius 3 is 2.75 bits per heavy atom. The van der Waals surface area contributed by atoms with Crippen LogP contribution in [0.25, 0.3) is 0 Å². The lowest BCUT2D eigenvalue weighted by Gasteiger charge is -2.31. The molecular weight excluding hydrogens is 320 g/mol. The summed E-state index contributed by atoms with van der Waals surface area (Å²) >= 11 is 2.09. The van der Waals surface area contributed by atoms with Crippen LogP contribution in [-0.4, -0.2) is 73.8 Å². The van der Waals surface area contributed by atoms with E-state index in [0.29, 0.717) is 6.04 Å². The maximum atomic E-state index is 6.11. The second kappa shape index (κ2) is 9.66. The molecule has 0 bridgehead atoms. The van der Waals surface area contributed by atoms with Crippen molar-refractivity contribution in [2.45, 2.75) is 25.4 Å². The Balaban J connectivity index is 1.50. The second-order valence-corrected chi connectivity index (χ2v) is 7.89. The molecule has 0 radical (unpaired) electrons. The van der Waals surface area contributed by atoms with Crippen molar-refractivity contribution in [2.24, 2.45) is 0 Å². The summed E-state index contributed by atoms with van der Waals surface area (Å²) in [5.74, 6) is 3.64. The van der Waals surface area contributed by atoms with Crippen LogP contribution in [0.5, 0.6) is 5.75 Å². The van der Waals surface area contributed by atoms with Crippen molar-refractivity contribution in [2.75, 3.05) is 58.0 Å². The van der Waals surface area contributed by atoms with Gasteiger partial charge < -0.3 is 9.47 Å². The molecule has 2 fully saturated rings. The Bertz CT molecular complexity index is 488. The van der Waals surface area contributed by atoms with Crippen LogP contribution in [-0.2, 0) is 11.3 Å². The number of para-hydroxylation sites is 1. The summed E-state index contributed by atoms with van der Waals surface area (Å²) < 4.78 is 11.5. The fraction of sp³-hybridized carbons (Fsp3) is 0.684. The predicted molar refractivity (Wildman–Crippen MR) is 101 cm³/mol. The van der Waals surface area contributed by atoms with Crippen LogP contribution in [0.3, 0.4) is 0 Å². The third kappa shape index (κ3) is 5.38. The van der Waals surface area contributed by atoms with Gasteiger partial charge in [-0.15, -0.1) is 0 Å². The number of morpholine rings is 1. The molecule has 2 heterocycles. The summed E-state index contributed by atoms with van der Waals surface area (Å²) in [4.78, 5) is 4.92. The van der Waals surface area contributed by atoms with E-state index < -0.39 is 0 Å². The van der Waals surface area contributed by atoms with Crippen LogP contribution >= 0.6 is 11.8 Å². The Hall–Kier alpha value is -0.750. The number of hydrogen-bond donors (Lipinski definition) is 0. The quantitative estimate of drug-likeness (QED) is 0.753. The molecule has 1 aromatic rings. The van der Waals surface area contributed by atoms with Gasteiger partial charge in [-0.1, -0.05) is 18.2 Å². The molecule has 1 aromatic carbocycles. The largest absolute Gasteiger partial charge is 0.492 e. The van der Waals surface area contributed by atoms with Crippen molar-refractivity contribution < 1.29 is 9.47 Å². The van der Waals surface area contributed by atoms with E-state index in [4.69, 9.17) is 9.47 Å². The van der Waals surface area contributed by atoms with Gasteiger partial charge in [0.2, 0.25) is 0 Å². The Morgan fingerprint density at radius 2 is 1.96 bits per heavy atom. The van der Waals surface area contributed by atoms with E-state index in [1.807, 2.05) is 0 Å². The lowest BCUT2D eigenvalue weighted by atomic mass is 10.1. The molecule has 0 spiro atoms. The smallest absolute Gasteiger partial charge is 0.123 e. The normalized spacial score (nSPS) is 20.4. The van der Waals surface area contributed by atoms with Gasteiger partial charge in [0.15, 0.2) is 0 Å². The molecule has 0 N–H and O–H groups in total. The minimum absolute atomic E-state index is 0.715. The van der Waals surface area contributed by atoms with Crippen LogP contribution in [0.4, 0.5) is 0 Å². The molecule has 0 unspecified atom stereocenters. The molecule has 0 atom stereocenters. The third-order valence-electron chi connectivity index (χ3n) is 4.98. The summed E-state index contributed by atoms with van der Waals surface area (Å²) in [7, 11) is 2.26. The summed E-state index contributed by atoms with van der Waals surface area (Å²) in [5.41, 5.74) is 1.31. The number of hydrogen-bond acceptors (Lipinski definition) is 5. The van der Waals surface area contributed by atoms with Gasteiger partial charge in [0.1, 0.15) is 12.4 Å². The van der Waals surface area contributed by atoms with Crippen LogP contribution in [0.15, 0.2) is 24.3 Å². The van der Waals surface area contributed by atoms with E-state index in [2.05, 4.69) is 52.9 Å². The molecule has 24 heavy (non-hydrogen) atoms. The topological polar surface area (TPSA) is 24.9 Å². The average molecular weight is 351 g/mol. The SMILES string of the molecule is CN(Cc1ccccc1OCCN1CCOCC1)C1CCSCC1. The minimum atomic E-state index is 0.715. The van der Waals surface area contributed by atoms with Crippen LogP contribution in [0.1, 0.15) is 18.4 Å². The van der Waals surface area contributed by atoms with E-state index in [9.17, 15) is 0 Å². The minimum Gasteiger partial charge on any atom is -0.492 e. The fourth-order valence-electron chi connectivity index (χ4n) is 3.41. The van der Waals surface area contributed by atoms with E-state index in [-0.39, 0.29) is 0 Å². The van der Waals surface area contributed by atoms with E-state index in [1.54, 1.807) is 0 Å². The summed E-state index contributed by atoms with van der Waals surface area (Å²) in [6.45, 7) is 6.44. The summed E-state index contributed by atoms with van der Waals surface area (Å²) in [5, 5.41) is 0. The molecular formula is C19H30N2O2S. The molecule has 0 aromatic heterocycles. The van der Waals surface area contributed by atoms with Gasteiger partial charge in [-0.3, -0.25) is 9.80 Å². The van der Waals surface area contributed by atoms with Crippen molar-refractivity contribution in [3.8, 4) is 5.75 Å². The van der Waals surface area contributed by atoms with Crippen molar-refractivity contribution in [1.29, 1.82) is 0 Å². The highest BCUT2D eigenvalue weighted by Gasteiger charge is 2.19. The highest BCUT2D eigenvalue weighted by molar-refractivity contribution is 7.99. The molecule has 2 aliphatic heterocycles. The fourth-order valence-corrected chi connectivity index (χ4v) is 4.49. The zero-order valence-corrected chi connectivity index (χ0v) is 15.6. The molecule has 0 aliphatic carbocycles. The molecule has 134 valence electrons.